The zero-order valence-electron chi connectivity index (χ0n) is 17.4. The van der Waals surface area contributed by atoms with E-state index in [-0.39, 0.29) is 36.1 Å². The number of esters is 1. The highest BCUT2D eigenvalue weighted by Crippen LogP contribution is 2.40. The van der Waals surface area contributed by atoms with Crippen molar-refractivity contribution in [1.82, 2.24) is 15.5 Å². The molecule has 7 nitrogen and oxygen atoms in total. The van der Waals surface area contributed by atoms with Crippen molar-refractivity contribution in [1.29, 1.82) is 0 Å². The maximum Gasteiger partial charge on any atom is 0.355 e. The van der Waals surface area contributed by atoms with Gasteiger partial charge in [0.05, 0.1) is 13.0 Å². The van der Waals surface area contributed by atoms with E-state index in [2.05, 4.69) is 26.6 Å². The number of carbonyl (C=O) groups excluding carboxylic acids is 3. The Kier molecular flexibility index (Phi) is 8.62. The second-order valence-electron chi connectivity index (χ2n) is 7.59. The van der Waals surface area contributed by atoms with E-state index in [1.54, 1.807) is 18.0 Å². The number of amides is 2. The van der Waals surface area contributed by atoms with Gasteiger partial charge in [-0.1, -0.05) is 41.9 Å². The summed E-state index contributed by atoms with van der Waals surface area (Å²) in [5.74, 6) is -0.189. The van der Waals surface area contributed by atoms with Gasteiger partial charge in [-0.3, -0.25) is 14.5 Å². The van der Waals surface area contributed by atoms with E-state index in [0.29, 0.717) is 18.0 Å². The van der Waals surface area contributed by atoms with Gasteiger partial charge in [-0.15, -0.1) is 23.1 Å². The quantitative estimate of drug-likeness (QED) is 0.276. The number of halogens is 1. The summed E-state index contributed by atoms with van der Waals surface area (Å²) < 4.78 is 5.45. The monoisotopic (exact) mass is 527 g/mol. The third-order valence-corrected chi connectivity index (χ3v) is 7.25. The molecule has 1 fully saturated rings. The lowest BCUT2D eigenvalue weighted by Crippen LogP contribution is -2.70. The molecule has 2 atom stereocenters. The zero-order valence-corrected chi connectivity index (χ0v) is 20.6. The fourth-order valence-corrected chi connectivity index (χ4v) is 5.46. The first kappa shape index (κ1) is 23.9. The molecular weight excluding hydrogens is 502 g/mol. The molecular formula is C21H26BrN3O4S2. The smallest absolute Gasteiger partial charge is 0.355 e. The molecule has 0 unspecified atom stereocenters. The first-order chi connectivity index (χ1) is 14.9. The van der Waals surface area contributed by atoms with Gasteiger partial charge in [0.1, 0.15) is 17.1 Å². The van der Waals surface area contributed by atoms with Crippen LogP contribution in [-0.2, 0) is 25.5 Å². The molecule has 0 radical (unpaired) electrons. The van der Waals surface area contributed by atoms with Crippen LogP contribution in [0.5, 0.6) is 0 Å². The molecule has 3 rings (SSSR count). The molecule has 31 heavy (non-hydrogen) atoms. The van der Waals surface area contributed by atoms with Crippen molar-refractivity contribution >= 4 is 56.8 Å². The summed E-state index contributed by atoms with van der Waals surface area (Å²) in [7, 11) is 0. The van der Waals surface area contributed by atoms with Crippen LogP contribution in [0.15, 0.2) is 41.1 Å². The highest BCUT2D eigenvalue weighted by atomic mass is 79.9. The van der Waals surface area contributed by atoms with Crippen LogP contribution in [0, 0.1) is 5.92 Å². The molecule has 1 saturated heterocycles. The fourth-order valence-electron chi connectivity index (χ4n) is 3.22. The lowest BCUT2D eigenvalue weighted by molar-refractivity contribution is -0.153. The Hall–Kier alpha value is -1.78. The van der Waals surface area contributed by atoms with Gasteiger partial charge in [-0.2, -0.15) is 0 Å². The summed E-state index contributed by atoms with van der Waals surface area (Å²) in [5.41, 5.74) is 1.11. The molecule has 2 N–H and O–H groups in total. The van der Waals surface area contributed by atoms with E-state index < -0.39 is 12.0 Å². The number of thioether (sulfide) groups is 1. The molecule has 0 spiro atoms. The number of fused-ring (bicyclic) bond motifs is 1. The third kappa shape index (κ3) is 5.93. The normalized spacial score (nSPS) is 20.6. The summed E-state index contributed by atoms with van der Waals surface area (Å²) in [6, 6.07) is 3.15. The van der Waals surface area contributed by atoms with Crippen molar-refractivity contribution in [3.05, 3.63) is 45.9 Å². The molecule has 10 heteroatoms. The van der Waals surface area contributed by atoms with Crippen molar-refractivity contribution in [2.75, 3.05) is 24.2 Å². The number of hydrogen-bond acceptors (Lipinski definition) is 7. The first-order valence-electron chi connectivity index (χ1n) is 10.0. The number of carbonyl (C=O) groups is 3. The van der Waals surface area contributed by atoms with Crippen LogP contribution in [0.2, 0.25) is 0 Å². The molecule has 0 saturated carbocycles. The number of alkyl halides is 1. The van der Waals surface area contributed by atoms with Gasteiger partial charge in [0, 0.05) is 22.5 Å². The molecule has 2 aliphatic rings. The number of nitrogens with one attached hydrogen (secondary N) is 2. The number of β-lactam (4-membered cyclic amide) rings is 1. The first-order valence-corrected chi connectivity index (χ1v) is 13.1. The summed E-state index contributed by atoms with van der Waals surface area (Å²) in [5, 5.41) is 8.32. The average Bonchev–Trinajstić information content (AvgIpc) is 3.25. The van der Waals surface area contributed by atoms with Crippen LogP contribution in [0.25, 0.3) is 0 Å². The Morgan fingerprint density at radius 1 is 1.42 bits per heavy atom. The van der Waals surface area contributed by atoms with Crippen LogP contribution in [-0.4, -0.2) is 58.3 Å². The fraction of sp³-hybridized carbons (Fsp3) is 0.476. The number of allylic oxidation sites excluding steroid dienone is 1. The van der Waals surface area contributed by atoms with Crippen LogP contribution < -0.4 is 10.6 Å². The van der Waals surface area contributed by atoms with Gasteiger partial charge in [0.2, 0.25) is 5.91 Å². The lowest BCUT2D eigenvalue weighted by Gasteiger charge is -2.49. The molecule has 3 heterocycles. The van der Waals surface area contributed by atoms with Crippen LogP contribution in [0.1, 0.15) is 18.7 Å². The molecule has 2 amide bonds. The molecule has 1 aromatic rings. The van der Waals surface area contributed by atoms with E-state index >= 15 is 0 Å². The Morgan fingerprint density at radius 2 is 2.23 bits per heavy atom. The van der Waals surface area contributed by atoms with E-state index in [4.69, 9.17) is 4.74 Å². The second kappa shape index (κ2) is 11.2. The minimum Gasteiger partial charge on any atom is -0.461 e. The highest BCUT2D eigenvalue weighted by molar-refractivity contribution is 9.09. The maximum atomic E-state index is 12.9. The van der Waals surface area contributed by atoms with Crippen molar-refractivity contribution in [3.63, 3.8) is 0 Å². The molecule has 2 aliphatic heterocycles. The zero-order chi connectivity index (χ0) is 22.4. The van der Waals surface area contributed by atoms with E-state index in [1.165, 1.54) is 16.2 Å². The van der Waals surface area contributed by atoms with E-state index in [9.17, 15) is 14.4 Å². The Bertz CT molecular complexity index is 870. The number of hydrogen-bond donors (Lipinski definition) is 2. The third-order valence-electron chi connectivity index (χ3n) is 4.66. The Balaban J connectivity index is 1.71. The number of nitrogens with zero attached hydrogens (tertiary/aromatic N) is 1. The van der Waals surface area contributed by atoms with Crippen molar-refractivity contribution in [2.24, 2.45) is 5.92 Å². The van der Waals surface area contributed by atoms with Gasteiger partial charge in [0.15, 0.2) is 0 Å². The molecule has 1 aromatic heterocycles. The minimum atomic E-state index is -0.631. The molecule has 0 aromatic carbocycles. The number of rotatable bonds is 10. The highest BCUT2D eigenvalue weighted by Gasteiger charge is 2.54. The van der Waals surface area contributed by atoms with E-state index in [0.717, 1.165) is 15.8 Å². The standard InChI is InChI=1S/C21H26BrN3O4S2/c1-13(2)11-29-21(28)18-14(10-23-7-4-6-22)12-31-20-17(19(27)25(18)20)24-16(26)9-15-5-3-8-30-15/h3-5,7-8,13,17,20,23H,6,9-12H2,1-2H3,(H,24,26)/b7-4+/t17-,20-/m1/s1. The predicted octanol–water partition coefficient (Wildman–Crippen LogP) is 2.64. The largest absolute Gasteiger partial charge is 0.461 e. The van der Waals surface area contributed by atoms with Crippen LogP contribution in [0.4, 0.5) is 0 Å². The van der Waals surface area contributed by atoms with Gasteiger partial charge >= 0.3 is 5.97 Å². The lowest BCUT2D eigenvalue weighted by atomic mass is 10.0. The summed E-state index contributed by atoms with van der Waals surface area (Å²) >= 11 is 6.37. The van der Waals surface area contributed by atoms with Crippen LogP contribution >= 0.6 is 39.0 Å². The maximum absolute atomic E-state index is 12.9. The Labute approximate surface area is 198 Å². The summed E-state index contributed by atoms with van der Waals surface area (Å²) in [4.78, 5) is 40.6. The molecule has 0 bridgehead atoms. The van der Waals surface area contributed by atoms with Crippen molar-refractivity contribution in [3.8, 4) is 0 Å². The van der Waals surface area contributed by atoms with E-state index in [1.807, 2.05) is 37.4 Å². The second-order valence-corrected chi connectivity index (χ2v) is 10.4. The number of thiophene rings is 1. The predicted molar refractivity (Wildman–Crippen MR) is 127 cm³/mol. The molecule has 168 valence electrons. The summed E-state index contributed by atoms with van der Waals surface area (Å²) in [6.07, 6.45) is 3.96. The van der Waals surface area contributed by atoms with Crippen molar-refractivity contribution < 1.29 is 19.1 Å². The van der Waals surface area contributed by atoms with Gasteiger partial charge in [-0.25, -0.2) is 4.79 Å². The van der Waals surface area contributed by atoms with Crippen LogP contribution in [0.3, 0.4) is 0 Å². The average molecular weight is 528 g/mol. The SMILES string of the molecule is CC(C)COC(=O)C1=C(CN/C=C/CBr)CS[C@@H]2[C@H](NC(=O)Cc3cccs3)C(=O)N12. The van der Waals surface area contributed by atoms with Crippen molar-refractivity contribution in [2.45, 2.75) is 31.7 Å². The summed E-state index contributed by atoms with van der Waals surface area (Å²) in [6.45, 7) is 4.65. The van der Waals surface area contributed by atoms with Gasteiger partial charge in [-0.05, 0) is 29.1 Å². The Morgan fingerprint density at radius 3 is 2.90 bits per heavy atom. The minimum absolute atomic E-state index is 0.193. The topological polar surface area (TPSA) is 87.7 Å². The molecule has 0 aliphatic carbocycles. The number of ether oxygens (including phenoxy) is 1. The van der Waals surface area contributed by atoms with Gasteiger partial charge < -0.3 is 15.4 Å². The van der Waals surface area contributed by atoms with Gasteiger partial charge in [0.25, 0.3) is 5.91 Å².